The van der Waals surface area contributed by atoms with Crippen molar-refractivity contribution in [3.05, 3.63) is 60.1 Å². The van der Waals surface area contributed by atoms with Crippen LogP contribution in [0.5, 0.6) is 0 Å². The molecule has 0 radical (unpaired) electrons. The van der Waals surface area contributed by atoms with Crippen molar-refractivity contribution in [2.24, 2.45) is 0 Å². The first kappa shape index (κ1) is 21.6. The molecule has 2 amide bonds. The molecule has 0 saturated heterocycles. The van der Waals surface area contributed by atoms with Crippen molar-refractivity contribution in [3.8, 4) is 0 Å². The van der Waals surface area contributed by atoms with Gasteiger partial charge in [-0.2, -0.15) is 0 Å². The maximum Gasteiger partial charge on any atom is 0.333 e. The van der Waals surface area contributed by atoms with E-state index in [0.29, 0.717) is 18.4 Å². The molecule has 1 aliphatic carbocycles. The summed E-state index contributed by atoms with van der Waals surface area (Å²) in [6.45, 7) is 3.52. The fourth-order valence-electron chi connectivity index (χ4n) is 3.74. The lowest BCUT2D eigenvalue weighted by atomic mass is 9.80. The van der Waals surface area contributed by atoms with Crippen molar-refractivity contribution >= 4 is 17.8 Å². The van der Waals surface area contributed by atoms with Crippen molar-refractivity contribution < 1.29 is 23.5 Å². The Morgan fingerprint density at radius 1 is 1.00 bits per heavy atom. The van der Waals surface area contributed by atoms with Gasteiger partial charge in [-0.05, 0) is 44.4 Å². The quantitative estimate of drug-likeness (QED) is 0.678. The molecule has 1 aliphatic rings. The van der Waals surface area contributed by atoms with Crippen molar-refractivity contribution in [1.82, 2.24) is 10.6 Å². The van der Waals surface area contributed by atoms with Crippen LogP contribution in [-0.4, -0.2) is 29.4 Å². The van der Waals surface area contributed by atoms with Gasteiger partial charge >= 0.3 is 5.97 Å². The Kier molecular flexibility index (Phi) is 6.92. The van der Waals surface area contributed by atoms with Crippen molar-refractivity contribution in [2.75, 3.05) is 0 Å². The number of amides is 2. The molecule has 2 N–H and O–H groups in total. The molecule has 30 heavy (non-hydrogen) atoms. The van der Waals surface area contributed by atoms with Crippen LogP contribution in [0.2, 0.25) is 0 Å². The highest BCUT2D eigenvalue weighted by molar-refractivity contribution is 5.98. The van der Waals surface area contributed by atoms with Gasteiger partial charge in [0.2, 0.25) is 5.91 Å². The SMILES string of the molecule is CC(C)OC(=O)[C@@H](NC(=O)C1(NC(=O)c2ccco2)CCCCC1)c1ccccc1. The molecule has 0 unspecified atom stereocenters. The zero-order chi connectivity index (χ0) is 21.6. The molecular formula is C23H28N2O5. The van der Waals surface area contributed by atoms with Crippen LogP contribution in [0.25, 0.3) is 0 Å². The molecule has 160 valence electrons. The highest BCUT2D eigenvalue weighted by atomic mass is 16.5. The largest absolute Gasteiger partial charge is 0.461 e. The number of nitrogens with one attached hydrogen (secondary N) is 2. The minimum atomic E-state index is -1.10. The number of hydrogen-bond acceptors (Lipinski definition) is 5. The Morgan fingerprint density at radius 2 is 1.70 bits per heavy atom. The summed E-state index contributed by atoms with van der Waals surface area (Å²) in [5.41, 5.74) is -0.479. The molecular weight excluding hydrogens is 384 g/mol. The van der Waals surface area contributed by atoms with Crippen LogP contribution < -0.4 is 10.6 Å². The minimum absolute atomic E-state index is 0.145. The maximum atomic E-state index is 13.4. The van der Waals surface area contributed by atoms with Gasteiger partial charge in [-0.25, -0.2) is 4.79 Å². The fraction of sp³-hybridized carbons (Fsp3) is 0.435. The zero-order valence-corrected chi connectivity index (χ0v) is 17.4. The van der Waals surface area contributed by atoms with Crippen LogP contribution in [0, 0.1) is 0 Å². The van der Waals surface area contributed by atoms with E-state index in [1.807, 2.05) is 6.07 Å². The summed E-state index contributed by atoms with van der Waals surface area (Å²) in [4.78, 5) is 38.8. The molecule has 1 saturated carbocycles. The summed E-state index contributed by atoms with van der Waals surface area (Å²) in [6.07, 6.45) is 4.68. The van der Waals surface area contributed by atoms with E-state index in [2.05, 4.69) is 10.6 Å². The second-order valence-corrected chi connectivity index (χ2v) is 7.88. The Morgan fingerprint density at radius 3 is 2.30 bits per heavy atom. The van der Waals surface area contributed by atoms with Crippen LogP contribution >= 0.6 is 0 Å². The molecule has 7 nitrogen and oxygen atoms in total. The smallest absolute Gasteiger partial charge is 0.333 e. The molecule has 0 aliphatic heterocycles. The average molecular weight is 412 g/mol. The number of carbonyl (C=O) groups excluding carboxylic acids is 3. The molecule has 3 rings (SSSR count). The van der Waals surface area contributed by atoms with E-state index in [1.54, 1.807) is 50.2 Å². The molecule has 1 heterocycles. The van der Waals surface area contributed by atoms with Gasteiger partial charge in [0, 0.05) is 0 Å². The number of furan rings is 1. The average Bonchev–Trinajstić information content (AvgIpc) is 3.27. The molecule has 1 fully saturated rings. The van der Waals surface area contributed by atoms with Crippen molar-refractivity contribution in [1.29, 1.82) is 0 Å². The molecule has 1 aromatic carbocycles. The molecule has 0 bridgehead atoms. The fourth-order valence-corrected chi connectivity index (χ4v) is 3.74. The highest BCUT2D eigenvalue weighted by Crippen LogP contribution is 2.30. The standard InChI is InChI=1S/C23H28N2O5/c1-16(2)30-21(27)19(17-10-5-3-6-11-17)24-22(28)23(13-7-4-8-14-23)25-20(26)18-12-9-15-29-18/h3,5-6,9-12,15-16,19H,4,7-8,13-14H2,1-2H3,(H,24,28)(H,25,26)/t19-/m0/s1. The van der Waals surface area contributed by atoms with Gasteiger partial charge in [-0.1, -0.05) is 49.6 Å². The molecule has 1 atom stereocenters. The molecule has 2 aromatic rings. The Balaban J connectivity index is 1.84. The van der Waals surface area contributed by atoms with E-state index in [9.17, 15) is 14.4 Å². The first-order chi connectivity index (χ1) is 14.4. The lowest BCUT2D eigenvalue weighted by Crippen LogP contribution is -2.60. The molecule has 0 spiro atoms. The Hall–Kier alpha value is -3.09. The van der Waals surface area contributed by atoms with Crippen LogP contribution in [0.3, 0.4) is 0 Å². The number of carbonyl (C=O) groups is 3. The van der Waals surface area contributed by atoms with E-state index < -0.39 is 29.4 Å². The van der Waals surface area contributed by atoms with Crippen molar-refractivity contribution in [2.45, 2.75) is 63.6 Å². The molecule has 7 heteroatoms. The van der Waals surface area contributed by atoms with E-state index in [4.69, 9.17) is 9.15 Å². The van der Waals surface area contributed by atoms with Gasteiger partial charge in [0.15, 0.2) is 11.8 Å². The maximum absolute atomic E-state index is 13.4. The van der Waals surface area contributed by atoms with Gasteiger partial charge in [-0.15, -0.1) is 0 Å². The first-order valence-electron chi connectivity index (χ1n) is 10.3. The minimum Gasteiger partial charge on any atom is -0.461 e. The second kappa shape index (κ2) is 9.61. The third-order valence-electron chi connectivity index (χ3n) is 5.24. The molecule has 1 aromatic heterocycles. The number of rotatable bonds is 7. The second-order valence-electron chi connectivity index (χ2n) is 7.88. The summed E-state index contributed by atoms with van der Waals surface area (Å²) in [7, 11) is 0. The predicted molar refractivity (Wildman–Crippen MR) is 111 cm³/mol. The number of benzene rings is 1. The van der Waals surface area contributed by atoms with Gasteiger partial charge in [0.05, 0.1) is 12.4 Å². The number of hydrogen-bond donors (Lipinski definition) is 2. The van der Waals surface area contributed by atoms with Crippen molar-refractivity contribution in [3.63, 3.8) is 0 Å². The van der Waals surface area contributed by atoms with Gasteiger partial charge < -0.3 is 19.8 Å². The zero-order valence-electron chi connectivity index (χ0n) is 17.4. The predicted octanol–water partition coefficient (Wildman–Crippen LogP) is 3.52. The third kappa shape index (κ3) is 5.09. The van der Waals surface area contributed by atoms with E-state index >= 15 is 0 Å². The van der Waals surface area contributed by atoms with Gasteiger partial charge in [0.1, 0.15) is 5.54 Å². The van der Waals surface area contributed by atoms with E-state index in [1.165, 1.54) is 6.26 Å². The third-order valence-corrected chi connectivity index (χ3v) is 5.24. The van der Waals surface area contributed by atoms with Gasteiger partial charge in [0.25, 0.3) is 5.91 Å². The Labute approximate surface area is 176 Å². The summed E-state index contributed by atoms with van der Waals surface area (Å²) in [5, 5.41) is 5.72. The topological polar surface area (TPSA) is 97.6 Å². The normalized spacial score (nSPS) is 16.5. The number of ether oxygens (including phenoxy) is 1. The van der Waals surface area contributed by atoms with Crippen LogP contribution in [-0.2, 0) is 14.3 Å². The summed E-state index contributed by atoms with van der Waals surface area (Å²) >= 11 is 0. The summed E-state index contributed by atoms with van der Waals surface area (Å²) in [5.74, 6) is -1.23. The lowest BCUT2D eigenvalue weighted by Gasteiger charge is -2.37. The highest BCUT2D eigenvalue weighted by Gasteiger charge is 2.43. The first-order valence-corrected chi connectivity index (χ1v) is 10.3. The Bertz CT molecular complexity index is 855. The number of esters is 1. The monoisotopic (exact) mass is 412 g/mol. The van der Waals surface area contributed by atoms with Gasteiger partial charge in [-0.3, -0.25) is 9.59 Å². The summed E-state index contributed by atoms with van der Waals surface area (Å²) in [6, 6.07) is 11.2. The van der Waals surface area contributed by atoms with E-state index in [-0.39, 0.29) is 11.9 Å². The summed E-state index contributed by atoms with van der Waals surface area (Å²) < 4.78 is 10.5. The van der Waals surface area contributed by atoms with Crippen LogP contribution in [0.1, 0.15) is 68.1 Å². The van der Waals surface area contributed by atoms with Crippen LogP contribution in [0.15, 0.2) is 53.1 Å². The van der Waals surface area contributed by atoms with Crippen LogP contribution in [0.4, 0.5) is 0 Å². The lowest BCUT2D eigenvalue weighted by molar-refractivity contribution is -0.152. The van der Waals surface area contributed by atoms with E-state index in [0.717, 1.165) is 19.3 Å².